The molecule has 0 saturated carbocycles. The molecule has 0 fully saturated rings. The van der Waals surface area contributed by atoms with Gasteiger partial charge < -0.3 is 14.8 Å². The zero-order valence-electron chi connectivity index (χ0n) is 15.1. The average Bonchev–Trinajstić information content (AvgIpc) is 3.04. The number of hydrogen-bond acceptors (Lipinski definition) is 5. The molecule has 27 heavy (non-hydrogen) atoms. The van der Waals surface area contributed by atoms with E-state index in [9.17, 15) is 4.79 Å². The maximum Gasteiger partial charge on any atom is 0.299 e. The van der Waals surface area contributed by atoms with Gasteiger partial charge in [-0.25, -0.2) is 0 Å². The number of anilines is 1. The lowest BCUT2D eigenvalue weighted by Gasteiger charge is -2.11. The minimum absolute atomic E-state index is 0.302. The number of methoxy groups -OCH3 is 1. The molecule has 0 atom stereocenters. The Hall–Kier alpha value is -2.99. The van der Waals surface area contributed by atoms with Crippen LogP contribution < -0.4 is 14.8 Å². The van der Waals surface area contributed by atoms with Gasteiger partial charge in [0.15, 0.2) is 12.1 Å². The number of ether oxygens (including phenoxy) is 2. The van der Waals surface area contributed by atoms with E-state index in [4.69, 9.17) is 21.1 Å². The van der Waals surface area contributed by atoms with Crippen LogP contribution in [-0.4, -0.2) is 30.0 Å². The number of carbonyl (C=O) groups is 1. The minimum Gasteiger partial charge on any atom is -0.497 e. The Balaban J connectivity index is 1.87. The van der Waals surface area contributed by atoms with Gasteiger partial charge in [-0.1, -0.05) is 35.9 Å². The van der Waals surface area contributed by atoms with Crippen molar-refractivity contribution < 1.29 is 14.3 Å². The minimum atomic E-state index is 0.302. The zero-order chi connectivity index (χ0) is 19.2. The molecule has 3 rings (SSSR count). The Labute approximate surface area is 162 Å². The fourth-order valence-corrected chi connectivity index (χ4v) is 2.82. The average molecular weight is 386 g/mol. The first kappa shape index (κ1) is 18.8. The van der Waals surface area contributed by atoms with E-state index in [0.29, 0.717) is 35.7 Å². The summed E-state index contributed by atoms with van der Waals surface area (Å²) >= 11 is 5.95. The summed E-state index contributed by atoms with van der Waals surface area (Å²) in [5, 5.41) is 3.59. The van der Waals surface area contributed by atoms with Gasteiger partial charge in [-0.05, 0) is 35.4 Å². The largest absolute Gasteiger partial charge is 0.497 e. The Kier molecular flexibility index (Phi) is 5.98. The first-order valence-electron chi connectivity index (χ1n) is 8.38. The van der Waals surface area contributed by atoms with E-state index in [2.05, 4.69) is 10.3 Å². The number of nitrogens with one attached hydrogen (secondary N) is 1. The summed E-state index contributed by atoms with van der Waals surface area (Å²) in [6, 6.07) is 15.4. The summed E-state index contributed by atoms with van der Waals surface area (Å²) in [7, 11) is 3.34. The third kappa shape index (κ3) is 4.41. The number of carbonyl (C=O) groups excluding carboxylic acids is 1. The molecule has 0 spiro atoms. The van der Waals surface area contributed by atoms with Gasteiger partial charge in [0.05, 0.1) is 13.7 Å². The van der Waals surface area contributed by atoms with Crippen molar-refractivity contribution in [1.82, 2.24) is 9.55 Å². The van der Waals surface area contributed by atoms with Crippen LogP contribution in [0.25, 0.3) is 0 Å². The highest BCUT2D eigenvalue weighted by Gasteiger charge is 2.18. The van der Waals surface area contributed by atoms with E-state index in [-0.39, 0.29) is 0 Å². The Morgan fingerprint density at radius 1 is 1.19 bits per heavy atom. The smallest absolute Gasteiger partial charge is 0.299 e. The van der Waals surface area contributed by atoms with Crippen LogP contribution in [0.2, 0.25) is 5.02 Å². The Morgan fingerprint density at radius 2 is 1.96 bits per heavy atom. The molecule has 3 aromatic rings. The number of imidazole rings is 1. The van der Waals surface area contributed by atoms with Gasteiger partial charge in [-0.2, -0.15) is 4.98 Å². The van der Waals surface area contributed by atoms with Crippen LogP contribution in [-0.2, 0) is 13.2 Å². The van der Waals surface area contributed by atoms with Crippen molar-refractivity contribution in [1.29, 1.82) is 0 Å². The van der Waals surface area contributed by atoms with Crippen molar-refractivity contribution in [3.63, 3.8) is 0 Å². The molecule has 1 N–H and O–H groups in total. The molecule has 0 aliphatic heterocycles. The Morgan fingerprint density at radius 3 is 2.63 bits per heavy atom. The van der Waals surface area contributed by atoms with Gasteiger partial charge in [0, 0.05) is 12.1 Å². The van der Waals surface area contributed by atoms with Crippen molar-refractivity contribution in [2.24, 2.45) is 0 Å². The van der Waals surface area contributed by atoms with Gasteiger partial charge in [-0.15, -0.1) is 0 Å². The molecule has 0 radical (unpaired) electrons. The summed E-state index contributed by atoms with van der Waals surface area (Å²) in [5.74, 6) is 1.23. The van der Waals surface area contributed by atoms with Gasteiger partial charge in [0.2, 0.25) is 0 Å². The van der Waals surface area contributed by atoms with E-state index in [1.807, 2.05) is 48.5 Å². The fourth-order valence-electron chi connectivity index (χ4n) is 2.69. The van der Waals surface area contributed by atoms with Crippen LogP contribution in [0.3, 0.4) is 0 Å². The van der Waals surface area contributed by atoms with E-state index in [1.165, 1.54) is 0 Å². The molecule has 1 heterocycles. The quantitative estimate of drug-likeness (QED) is 0.593. The maximum atomic E-state index is 11.6. The molecule has 0 unspecified atom stereocenters. The highest BCUT2D eigenvalue weighted by Crippen LogP contribution is 2.24. The summed E-state index contributed by atoms with van der Waals surface area (Å²) in [6.07, 6.45) is 0.771. The number of aromatic nitrogens is 2. The normalized spacial score (nSPS) is 10.5. The lowest BCUT2D eigenvalue weighted by atomic mass is 10.2. The van der Waals surface area contributed by atoms with E-state index < -0.39 is 0 Å². The molecule has 140 valence electrons. The number of nitrogens with zero attached hydrogens (tertiary/aromatic N) is 2. The SMILES string of the molecule is CNc1nc(OCc2cccc(OC)c2)n(Cc2ccc(Cl)cc2)c1C=O. The second-order valence-electron chi connectivity index (χ2n) is 5.85. The molecule has 6 nitrogen and oxygen atoms in total. The Bertz CT molecular complexity index is 923. The second-order valence-corrected chi connectivity index (χ2v) is 6.29. The highest BCUT2D eigenvalue weighted by atomic mass is 35.5. The second kappa shape index (κ2) is 8.60. The first-order valence-corrected chi connectivity index (χ1v) is 8.76. The molecule has 0 amide bonds. The maximum absolute atomic E-state index is 11.6. The van der Waals surface area contributed by atoms with Crippen molar-refractivity contribution in [2.75, 3.05) is 19.5 Å². The molecule has 0 bridgehead atoms. The standard InChI is InChI=1S/C20H20ClN3O3/c1-22-19-18(12-25)24(11-14-6-8-16(21)9-7-14)20(23-19)27-13-15-4-3-5-17(10-15)26-2/h3-10,12,22H,11,13H2,1-2H3. The number of benzene rings is 2. The van der Waals surface area contributed by atoms with E-state index in [0.717, 1.165) is 23.2 Å². The van der Waals surface area contributed by atoms with Crippen LogP contribution in [0.5, 0.6) is 11.8 Å². The number of rotatable bonds is 8. The first-order chi connectivity index (χ1) is 13.1. The summed E-state index contributed by atoms with van der Waals surface area (Å²) in [4.78, 5) is 16.0. The van der Waals surface area contributed by atoms with Gasteiger partial charge in [-0.3, -0.25) is 9.36 Å². The molecule has 0 saturated heterocycles. The van der Waals surface area contributed by atoms with Gasteiger partial charge >= 0.3 is 0 Å². The van der Waals surface area contributed by atoms with Gasteiger partial charge in [0.1, 0.15) is 18.1 Å². The molecular formula is C20H20ClN3O3. The number of hydrogen-bond donors (Lipinski definition) is 1. The lowest BCUT2D eigenvalue weighted by Crippen LogP contribution is -2.08. The van der Waals surface area contributed by atoms with Crippen LogP contribution in [0, 0.1) is 0 Å². The van der Waals surface area contributed by atoms with Crippen molar-refractivity contribution >= 4 is 23.7 Å². The monoisotopic (exact) mass is 385 g/mol. The van der Waals surface area contributed by atoms with Crippen molar-refractivity contribution in [2.45, 2.75) is 13.2 Å². The molecular weight excluding hydrogens is 366 g/mol. The molecule has 0 aliphatic rings. The summed E-state index contributed by atoms with van der Waals surface area (Å²) in [6.45, 7) is 0.740. The van der Waals surface area contributed by atoms with Crippen LogP contribution in [0.1, 0.15) is 21.6 Å². The predicted molar refractivity (Wildman–Crippen MR) is 105 cm³/mol. The molecule has 1 aromatic heterocycles. The van der Waals surface area contributed by atoms with Crippen LogP contribution >= 0.6 is 11.6 Å². The topological polar surface area (TPSA) is 65.4 Å². The van der Waals surface area contributed by atoms with E-state index in [1.54, 1.807) is 18.7 Å². The molecule has 7 heteroatoms. The lowest BCUT2D eigenvalue weighted by molar-refractivity contribution is 0.111. The predicted octanol–water partition coefficient (Wildman–Crippen LogP) is 4.03. The van der Waals surface area contributed by atoms with Crippen LogP contribution in [0.4, 0.5) is 5.82 Å². The van der Waals surface area contributed by atoms with Crippen molar-refractivity contribution in [3.05, 3.63) is 70.4 Å². The number of halogens is 1. The van der Waals surface area contributed by atoms with Crippen LogP contribution in [0.15, 0.2) is 48.5 Å². The third-order valence-corrected chi connectivity index (χ3v) is 4.33. The zero-order valence-corrected chi connectivity index (χ0v) is 15.9. The van der Waals surface area contributed by atoms with Gasteiger partial charge in [0.25, 0.3) is 6.01 Å². The highest BCUT2D eigenvalue weighted by molar-refractivity contribution is 6.30. The number of aldehydes is 1. The molecule has 2 aromatic carbocycles. The van der Waals surface area contributed by atoms with Crippen molar-refractivity contribution in [3.8, 4) is 11.8 Å². The fraction of sp³-hybridized carbons (Fsp3) is 0.200. The van der Waals surface area contributed by atoms with E-state index >= 15 is 0 Å². The summed E-state index contributed by atoms with van der Waals surface area (Å²) < 4.78 is 12.9. The molecule has 0 aliphatic carbocycles. The third-order valence-electron chi connectivity index (χ3n) is 4.08. The summed E-state index contributed by atoms with van der Waals surface area (Å²) in [5.41, 5.74) is 2.34.